The number of anilines is 1. The van der Waals surface area contributed by atoms with Gasteiger partial charge < -0.3 is 29.2 Å². The minimum Gasteiger partial charge on any atom is -0.489 e. The summed E-state index contributed by atoms with van der Waals surface area (Å²) in [7, 11) is 0. The molecule has 43 heavy (non-hydrogen) atoms. The van der Waals surface area contributed by atoms with Gasteiger partial charge in [0.2, 0.25) is 0 Å². The summed E-state index contributed by atoms with van der Waals surface area (Å²) in [5, 5.41) is 0.809. The molecule has 0 amide bonds. The van der Waals surface area contributed by atoms with Crippen LogP contribution >= 0.6 is 0 Å². The number of halogens is 1. The van der Waals surface area contributed by atoms with Crippen LogP contribution < -0.4 is 15.2 Å². The molecule has 3 aromatic heterocycles. The largest absolute Gasteiger partial charge is 0.489 e. The standard InChI is InChI=1S/C33H34FN5O4/c1-21(2)39-17-29(31-32(35)37-20-38-33(31)39)23-7-10-26(11-8-23)43-28-14-24(34)13-27(15-28)41-18-22-6-9-25(36-16-22)19-42-30-5-3-4-12-40-30/h6-11,13-17,20-21,30H,3-5,12,18-19H2,1-2H3,(H2,35,37,38). The quantitative estimate of drug-likeness (QED) is 0.184. The third-order valence-electron chi connectivity index (χ3n) is 7.29. The molecule has 222 valence electrons. The normalized spacial score (nSPS) is 15.2. The van der Waals surface area contributed by atoms with Crippen LogP contribution in [0, 0.1) is 5.82 Å². The van der Waals surface area contributed by atoms with Crippen molar-refractivity contribution < 1.29 is 23.3 Å². The van der Waals surface area contributed by atoms with E-state index in [1.165, 1.54) is 18.5 Å². The predicted octanol–water partition coefficient (Wildman–Crippen LogP) is 7.21. The Morgan fingerprint density at radius 3 is 2.56 bits per heavy atom. The van der Waals surface area contributed by atoms with E-state index in [-0.39, 0.29) is 18.9 Å². The lowest BCUT2D eigenvalue weighted by molar-refractivity contribution is -0.169. The van der Waals surface area contributed by atoms with Crippen LogP contribution in [-0.2, 0) is 22.7 Å². The van der Waals surface area contributed by atoms with Gasteiger partial charge in [0.25, 0.3) is 0 Å². The lowest BCUT2D eigenvalue weighted by atomic mass is 10.1. The van der Waals surface area contributed by atoms with Gasteiger partial charge in [-0.15, -0.1) is 0 Å². The smallest absolute Gasteiger partial charge is 0.158 e. The molecule has 9 nitrogen and oxygen atoms in total. The molecular weight excluding hydrogens is 549 g/mol. The van der Waals surface area contributed by atoms with E-state index < -0.39 is 5.82 Å². The first-order valence-corrected chi connectivity index (χ1v) is 14.4. The Morgan fingerprint density at radius 2 is 1.81 bits per heavy atom. The number of fused-ring (bicyclic) bond motifs is 1. The number of nitrogen functional groups attached to an aromatic ring is 1. The number of hydrogen-bond acceptors (Lipinski definition) is 8. The van der Waals surface area contributed by atoms with Gasteiger partial charge in [-0.3, -0.25) is 4.98 Å². The summed E-state index contributed by atoms with van der Waals surface area (Å²) in [5.74, 6) is 1.20. The Bertz CT molecular complexity index is 1680. The maximum atomic E-state index is 14.5. The van der Waals surface area contributed by atoms with Gasteiger partial charge >= 0.3 is 0 Å². The highest BCUT2D eigenvalue weighted by Crippen LogP contribution is 2.36. The van der Waals surface area contributed by atoms with Crippen LogP contribution in [0.2, 0.25) is 0 Å². The molecule has 2 N–H and O–H groups in total. The van der Waals surface area contributed by atoms with E-state index in [1.807, 2.05) is 42.6 Å². The number of rotatable bonds is 10. The van der Waals surface area contributed by atoms with Crippen LogP contribution in [0.5, 0.6) is 17.2 Å². The van der Waals surface area contributed by atoms with Crippen molar-refractivity contribution in [3.8, 4) is 28.4 Å². The van der Waals surface area contributed by atoms with Crippen LogP contribution in [-0.4, -0.2) is 32.4 Å². The van der Waals surface area contributed by atoms with Crippen LogP contribution in [0.1, 0.15) is 50.4 Å². The zero-order valence-corrected chi connectivity index (χ0v) is 24.2. The van der Waals surface area contributed by atoms with E-state index in [4.69, 9.17) is 24.7 Å². The molecule has 1 fully saturated rings. The number of benzene rings is 2. The van der Waals surface area contributed by atoms with Crippen LogP contribution in [0.4, 0.5) is 10.2 Å². The van der Waals surface area contributed by atoms with Gasteiger partial charge in [-0.2, -0.15) is 0 Å². The third kappa shape index (κ3) is 6.76. The van der Waals surface area contributed by atoms with Gasteiger partial charge in [0, 0.05) is 54.4 Å². The van der Waals surface area contributed by atoms with Crippen molar-refractivity contribution in [2.24, 2.45) is 0 Å². The molecule has 0 saturated carbocycles. The van der Waals surface area contributed by atoms with Gasteiger partial charge in [-0.1, -0.05) is 18.2 Å². The summed E-state index contributed by atoms with van der Waals surface area (Å²) in [6.07, 6.45) is 8.20. The second-order valence-electron chi connectivity index (χ2n) is 10.8. The number of nitrogens with zero attached hydrogens (tertiary/aromatic N) is 4. The molecule has 1 aliphatic rings. The van der Waals surface area contributed by atoms with E-state index in [0.29, 0.717) is 29.7 Å². The highest BCUT2D eigenvalue weighted by Gasteiger charge is 2.17. The molecule has 1 saturated heterocycles. The first kappa shape index (κ1) is 28.6. The Balaban J connectivity index is 1.09. The number of nitrogens with two attached hydrogens (primary N) is 1. The Kier molecular flexibility index (Phi) is 8.48. The Labute approximate surface area is 249 Å². The topological polar surface area (TPSA) is 107 Å². The molecule has 4 heterocycles. The molecule has 1 unspecified atom stereocenters. The minimum absolute atomic E-state index is 0.159. The summed E-state index contributed by atoms with van der Waals surface area (Å²) >= 11 is 0. The van der Waals surface area contributed by atoms with Gasteiger partial charge in [0.15, 0.2) is 6.29 Å². The molecule has 10 heteroatoms. The number of ether oxygens (including phenoxy) is 4. The monoisotopic (exact) mass is 583 g/mol. The first-order valence-electron chi connectivity index (χ1n) is 14.4. The maximum absolute atomic E-state index is 14.5. The molecule has 0 radical (unpaired) electrons. The van der Waals surface area contributed by atoms with Gasteiger partial charge in [-0.05, 0) is 56.9 Å². The van der Waals surface area contributed by atoms with E-state index in [1.54, 1.807) is 12.3 Å². The molecule has 0 bridgehead atoms. The number of aromatic nitrogens is 4. The lowest BCUT2D eigenvalue weighted by Gasteiger charge is -2.22. The Hall–Kier alpha value is -4.54. The SMILES string of the molecule is CC(C)n1cc(-c2ccc(Oc3cc(F)cc(OCc4ccc(COC5CCCCO5)nc4)c3)cc2)c2c(N)ncnc21. The van der Waals surface area contributed by atoms with Gasteiger partial charge in [-0.25, -0.2) is 14.4 Å². The summed E-state index contributed by atoms with van der Waals surface area (Å²) in [4.78, 5) is 13.1. The van der Waals surface area contributed by atoms with Crippen molar-refractivity contribution in [3.63, 3.8) is 0 Å². The lowest BCUT2D eigenvalue weighted by Crippen LogP contribution is -2.22. The number of pyridine rings is 1. The van der Waals surface area contributed by atoms with E-state index in [2.05, 4.69) is 33.4 Å². The van der Waals surface area contributed by atoms with Crippen molar-refractivity contribution in [1.82, 2.24) is 19.5 Å². The molecule has 6 rings (SSSR count). The zero-order valence-electron chi connectivity index (χ0n) is 24.2. The van der Waals surface area contributed by atoms with Crippen LogP contribution in [0.15, 0.2) is 73.3 Å². The molecule has 0 spiro atoms. The van der Waals surface area contributed by atoms with E-state index >= 15 is 0 Å². The van der Waals surface area contributed by atoms with E-state index in [0.717, 1.165) is 59.3 Å². The summed E-state index contributed by atoms with van der Waals surface area (Å²) in [5.41, 5.74) is 10.6. The average molecular weight is 584 g/mol. The Morgan fingerprint density at radius 1 is 0.977 bits per heavy atom. The second-order valence-corrected chi connectivity index (χ2v) is 10.8. The maximum Gasteiger partial charge on any atom is 0.158 e. The van der Waals surface area contributed by atoms with E-state index in [9.17, 15) is 4.39 Å². The minimum atomic E-state index is -0.461. The highest BCUT2D eigenvalue weighted by atomic mass is 19.1. The third-order valence-corrected chi connectivity index (χ3v) is 7.29. The first-order chi connectivity index (χ1) is 20.9. The van der Waals surface area contributed by atoms with Gasteiger partial charge in [0.1, 0.15) is 47.5 Å². The molecule has 2 aromatic carbocycles. The van der Waals surface area contributed by atoms with Crippen LogP contribution in [0.3, 0.4) is 0 Å². The molecule has 1 aliphatic heterocycles. The summed E-state index contributed by atoms with van der Waals surface area (Å²) in [6.45, 7) is 5.54. The van der Waals surface area contributed by atoms with Crippen molar-refractivity contribution >= 4 is 16.9 Å². The fourth-order valence-electron chi connectivity index (χ4n) is 5.05. The zero-order chi connectivity index (χ0) is 29.8. The molecular formula is C33H34FN5O4. The van der Waals surface area contributed by atoms with Crippen molar-refractivity contribution in [3.05, 3.63) is 90.4 Å². The van der Waals surface area contributed by atoms with Crippen molar-refractivity contribution in [1.29, 1.82) is 0 Å². The molecule has 5 aromatic rings. The van der Waals surface area contributed by atoms with Gasteiger partial charge in [0.05, 0.1) is 17.7 Å². The fourth-order valence-corrected chi connectivity index (χ4v) is 5.05. The highest BCUT2D eigenvalue weighted by molar-refractivity contribution is 6.00. The van der Waals surface area contributed by atoms with Crippen molar-refractivity contribution in [2.45, 2.75) is 58.7 Å². The van der Waals surface area contributed by atoms with Crippen LogP contribution in [0.25, 0.3) is 22.2 Å². The fraction of sp³-hybridized carbons (Fsp3) is 0.303. The summed E-state index contributed by atoms with van der Waals surface area (Å²) in [6, 6.07) is 15.8. The number of hydrogen-bond donors (Lipinski definition) is 1. The summed E-state index contributed by atoms with van der Waals surface area (Å²) < 4.78 is 39.8. The molecule has 0 aliphatic carbocycles. The molecule has 1 atom stereocenters. The van der Waals surface area contributed by atoms with Crippen molar-refractivity contribution in [2.75, 3.05) is 12.3 Å². The average Bonchev–Trinajstić information content (AvgIpc) is 3.42. The predicted molar refractivity (Wildman–Crippen MR) is 161 cm³/mol. The second kappa shape index (κ2) is 12.8.